The van der Waals surface area contributed by atoms with Gasteiger partial charge in [0.15, 0.2) is 16.5 Å². The van der Waals surface area contributed by atoms with Gasteiger partial charge in [-0.15, -0.1) is 10.2 Å². The van der Waals surface area contributed by atoms with Crippen molar-refractivity contribution in [2.45, 2.75) is 63.6 Å². The predicted molar refractivity (Wildman–Crippen MR) is 147 cm³/mol. The first-order valence-corrected chi connectivity index (χ1v) is 14.5. The summed E-state index contributed by atoms with van der Waals surface area (Å²) >= 11 is 1.21. The molecule has 12 heteroatoms. The van der Waals surface area contributed by atoms with Gasteiger partial charge in [0.25, 0.3) is 5.91 Å². The number of fused-ring (bicyclic) bond motifs is 1. The van der Waals surface area contributed by atoms with Crippen LogP contribution in [0.15, 0.2) is 35.3 Å². The highest BCUT2D eigenvalue weighted by Gasteiger charge is 2.51. The van der Waals surface area contributed by atoms with Gasteiger partial charge in [0, 0.05) is 38.2 Å². The number of carbonyl (C=O) groups excluding carboxylic acids is 2. The number of halogens is 1. The maximum Gasteiger partial charge on any atom is 0.278 e. The molecule has 1 spiro atoms. The Kier molecular flexibility index (Phi) is 6.60. The Labute approximate surface area is 234 Å². The van der Waals surface area contributed by atoms with Crippen LogP contribution in [0.25, 0.3) is 10.6 Å². The van der Waals surface area contributed by atoms with E-state index < -0.39 is 22.7 Å². The number of aromatic hydroxyl groups is 1. The van der Waals surface area contributed by atoms with Gasteiger partial charge in [0.2, 0.25) is 11.3 Å². The van der Waals surface area contributed by atoms with Crippen LogP contribution in [0.4, 0.5) is 4.39 Å². The van der Waals surface area contributed by atoms with Crippen LogP contribution >= 0.6 is 11.3 Å². The summed E-state index contributed by atoms with van der Waals surface area (Å²) in [5.41, 5.74) is -0.495. The van der Waals surface area contributed by atoms with Gasteiger partial charge in [-0.05, 0) is 63.1 Å². The molecule has 2 fully saturated rings. The zero-order valence-corrected chi connectivity index (χ0v) is 23.2. The van der Waals surface area contributed by atoms with Crippen molar-refractivity contribution in [3.63, 3.8) is 0 Å². The topological polar surface area (TPSA) is 121 Å². The molecule has 2 aromatic heterocycles. The average molecular weight is 567 g/mol. The third-order valence-corrected chi connectivity index (χ3v) is 9.36. The molecule has 210 valence electrons. The van der Waals surface area contributed by atoms with Crippen molar-refractivity contribution >= 4 is 23.2 Å². The molecule has 1 aromatic carbocycles. The molecule has 0 atom stereocenters. The quantitative estimate of drug-likeness (QED) is 0.471. The molecule has 2 saturated carbocycles. The number of nitrogens with zero attached hydrogens (tertiary/aromatic N) is 5. The van der Waals surface area contributed by atoms with Crippen LogP contribution in [0.3, 0.4) is 0 Å². The minimum absolute atomic E-state index is 0.0851. The highest BCUT2D eigenvalue weighted by atomic mass is 32.1. The molecular weight excluding hydrogens is 535 g/mol. The van der Waals surface area contributed by atoms with Crippen LogP contribution < -0.4 is 15.8 Å². The van der Waals surface area contributed by atoms with Crippen LogP contribution in [0.2, 0.25) is 0 Å². The molecule has 6 rings (SSSR count). The number of rotatable bonds is 6. The van der Waals surface area contributed by atoms with Crippen molar-refractivity contribution in [1.82, 2.24) is 25.1 Å². The molecule has 1 aliphatic heterocycles. The van der Waals surface area contributed by atoms with Crippen LogP contribution in [0, 0.1) is 11.7 Å². The number of hydrogen-bond donors (Lipinski definition) is 2. The van der Waals surface area contributed by atoms with E-state index in [4.69, 9.17) is 0 Å². The molecule has 3 aromatic rings. The maximum atomic E-state index is 13.7. The summed E-state index contributed by atoms with van der Waals surface area (Å²) in [6.07, 6.45) is 6.45. The highest BCUT2D eigenvalue weighted by molar-refractivity contribution is 7.14. The Morgan fingerprint density at radius 3 is 2.50 bits per heavy atom. The summed E-state index contributed by atoms with van der Waals surface area (Å²) in [6.45, 7) is 2.27. The zero-order valence-electron chi connectivity index (χ0n) is 22.4. The number of pyridine rings is 1. The van der Waals surface area contributed by atoms with Gasteiger partial charge in [-0.3, -0.25) is 24.1 Å². The van der Waals surface area contributed by atoms with Crippen molar-refractivity contribution in [3.8, 4) is 16.3 Å². The summed E-state index contributed by atoms with van der Waals surface area (Å²) < 4.78 is 14.8. The van der Waals surface area contributed by atoms with Gasteiger partial charge >= 0.3 is 0 Å². The van der Waals surface area contributed by atoms with Crippen molar-refractivity contribution in [2.75, 3.05) is 18.6 Å². The minimum atomic E-state index is -0.706. The molecule has 0 saturated heterocycles. The normalized spacial score (nSPS) is 22.5. The summed E-state index contributed by atoms with van der Waals surface area (Å²) in [7, 11) is 1.84. The lowest BCUT2D eigenvalue weighted by atomic mass is 9.79. The molecule has 3 aliphatic rings. The Balaban J connectivity index is 1.32. The van der Waals surface area contributed by atoms with Crippen LogP contribution in [-0.2, 0) is 11.2 Å². The number of carbonyl (C=O) groups is 2. The van der Waals surface area contributed by atoms with E-state index in [-0.39, 0.29) is 28.9 Å². The molecule has 10 nitrogen and oxygen atoms in total. The molecular formula is C28H31FN6O4S. The Bertz CT molecular complexity index is 1520. The van der Waals surface area contributed by atoms with E-state index in [1.54, 1.807) is 27.9 Å². The summed E-state index contributed by atoms with van der Waals surface area (Å²) in [6, 6.07) is 6.39. The van der Waals surface area contributed by atoms with Crippen molar-refractivity contribution < 1.29 is 19.1 Å². The second-order valence-corrected chi connectivity index (χ2v) is 11.9. The molecule has 0 bridgehead atoms. The molecule has 2 aliphatic carbocycles. The molecule has 0 unspecified atom stereocenters. The smallest absolute Gasteiger partial charge is 0.278 e. The SMILES string of the molecule is CCN1C(=O)c2c(O)c(=O)c(-c3nnc(Cc4ccc(F)cc4)s3)cn2N(C)C12CCC(C(=O)NC1CC1)CC2. The first kappa shape index (κ1) is 26.4. The van der Waals surface area contributed by atoms with Crippen LogP contribution in [0.5, 0.6) is 5.75 Å². The fourth-order valence-electron chi connectivity index (χ4n) is 6.00. The fourth-order valence-corrected chi connectivity index (χ4v) is 6.88. The minimum Gasteiger partial charge on any atom is -0.502 e. The van der Waals surface area contributed by atoms with Gasteiger partial charge in [-0.2, -0.15) is 0 Å². The van der Waals surface area contributed by atoms with E-state index in [1.807, 2.05) is 19.0 Å². The third kappa shape index (κ3) is 4.43. The van der Waals surface area contributed by atoms with Gasteiger partial charge in [-0.1, -0.05) is 23.5 Å². The van der Waals surface area contributed by atoms with E-state index in [0.29, 0.717) is 54.7 Å². The molecule has 0 radical (unpaired) electrons. The van der Waals surface area contributed by atoms with Gasteiger partial charge in [-0.25, -0.2) is 4.39 Å². The monoisotopic (exact) mass is 566 g/mol. The fraction of sp³-hybridized carbons (Fsp3) is 0.464. The lowest BCUT2D eigenvalue weighted by Gasteiger charge is -2.56. The Morgan fingerprint density at radius 2 is 1.85 bits per heavy atom. The second-order valence-electron chi connectivity index (χ2n) is 10.8. The third-order valence-electron chi connectivity index (χ3n) is 8.40. The van der Waals surface area contributed by atoms with E-state index >= 15 is 0 Å². The Hall–Kier alpha value is -3.80. The molecule has 3 heterocycles. The van der Waals surface area contributed by atoms with Crippen molar-refractivity contribution in [2.24, 2.45) is 5.92 Å². The molecule has 2 amide bonds. The summed E-state index contributed by atoms with van der Waals surface area (Å²) in [5, 5.41) is 25.4. The van der Waals surface area contributed by atoms with Crippen LogP contribution in [-0.4, -0.2) is 62.0 Å². The summed E-state index contributed by atoms with van der Waals surface area (Å²) in [5.74, 6) is -1.39. The zero-order chi connectivity index (χ0) is 28.2. The van der Waals surface area contributed by atoms with Gasteiger partial charge in [0.05, 0.1) is 5.56 Å². The number of nitrogens with one attached hydrogen (secondary N) is 1. The summed E-state index contributed by atoms with van der Waals surface area (Å²) in [4.78, 5) is 41.4. The number of aromatic nitrogens is 3. The van der Waals surface area contributed by atoms with Crippen molar-refractivity contribution in [3.05, 3.63) is 62.8 Å². The second kappa shape index (κ2) is 9.99. The molecule has 2 N–H and O–H groups in total. The van der Waals surface area contributed by atoms with Gasteiger partial charge < -0.3 is 15.3 Å². The largest absolute Gasteiger partial charge is 0.502 e. The van der Waals surface area contributed by atoms with E-state index in [2.05, 4.69) is 15.5 Å². The number of hydrogen-bond acceptors (Lipinski definition) is 8. The highest BCUT2D eigenvalue weighted by Crippen LogP contribution is 2.42. The van der Waals surface area contributed by atoms with Crippen LogP contribution in [0.1, 0.15) is 66.5 Å². The lowest BCUT2D eigenvalue weighted by Crippen LogP contribution is -2.70. The molecule has 40 heavy (non-hydrogen) atoms. The first-order valence-electron chi connectivity index (χ1n) is 13.6. The number of benzene rings is 1. The predicted octanol–water partition coefficient (Wildman–Crippen LogP) is 3.01. The van der Waals surface area contributed by atoms with Crippen molar-refractivity contribution in [1.29, 1.82) is 0 Å². The average Bonchev–Trinajstić information content (AvgIpc) is 3.65. The number of amides is 2. The Morgan fingerprint density at radius 1 is 1.15 bits per heavy atom. The first-order chi connectivity index (χ1) is 19.2. The standard InChI is InChI=1S/C28H31FN6O4S/c1-3-34-27(39)22-24(37)23(36)20(26-32-31-21(40-26)14-16-4-6-18(29)7-5-16)15-35(22)33(2)28(34)12-10-17(11-13-28)25(38)30-19-8-9-19/h4-7,15,17,19,37H,3,8-14H2,1-2H3,(H,30,38). The maximum absolute atomic E-state index is 13.7. The van der Waals surface area contributed by atoms with Gasteiger partial charge in [0.1, 0.15) is 16.5 Å². The van der Waals surface area contributed by atoms with E-state index in [9.17, 15) is 23.9 Å². The van der Waals surface area contributed by atoms with E-state index in [0.717, 1.165) is 18.4 Å². The lowest BCUT2D eigenvalue weighted by molar-refractivity contribution is -0.127. The van der Waals surface area contributed by atoms with E-state index in [1.165, 1.54) is 23.5 Å².